The smallest absolute Gasteiger partial charge is 0.323 e. The monoisotopic (exact) mass is 271 g/mol. The van der Waals surface area contributed by atoms with Crippen LogP contribution in [-0.4, -0.2) is 30.6 Å². The highest BCUT2D eigenvalue weighted by atomic mass is 35.5. The van der Waals surface area contributed by atoms with Crippen molar-refractivity contribution in [2.75, 3.05) is 13.7 Å². The third-order valence-electron chi connectivity index (χ3n) is 3.26. The molecular formula is C13H15ClFNO2. The molecule has 1 aliphatic heterocycles. The molecule has 1 heterocycles. The second-order valence-electron chi connectivity index (χ2n) is 4.35. The van der Waals surface area contributed by atoms with Crippen LogP contribution in [0.1, 0.15) is 18.4 Å². The van der Waals surface area contributed by atoms with Crippen LogP contribution in [0.3, 0.4) is 0 Å². The Kier molecular flexibility index (Phi) is 4.19. The van der Waals surface area contributed by atoms with E-state index in [1.807, 2.05) is 4.90 Å². The molecule has 0 saturated carbocycles. The van der Waals surface area contributed by atoms with Gasteiger partial charge in [0.25, 0.3) is 0 Å². The zero-order valence-electron chi connectivity index (χ0n) is 10.2. The minimum absolute atomic E-state index is 0.264. The molecule has 0 amide bonds. The van der Waals surface area contributed by atoms with Gasteiger partial charge in [-0.15, -0.1) is 0 Å². The molecule has 1 fully saturated rings. The zero-order valence-corrected chi connectivity index (χ0v) is 10.9. The molecule has 1 saturated heterocycles. The Bertz CT molecular complexity index is 432. The Hall–Kier alpha value is -1.13. The number of esters is 1. The Morgan fingerprint density at radius 3 is 3.06 bits per heavy atom. The normalized spacial score (nSPS) is 20.1. The minimum atomic E-state index is -0.335. The summed E-state index contributed by atoms with van der Waals surface area (Å²) in [7, 11) is 1.37. The van der Waals surface area contributed by atoms with E-state index in [1.54, 1.807) is 12.1 Å². The van der Waals surface area contributed by atoms with Crippen LogP contribution in [-0.2, 0) is 16.1 Å². The second-order valence-corrected chi connectivity index (χ2v) is 4.76. The van der Waals surface area contributed by atoms with Gasteiger partial charge in [-0.2, -0.15) is 0 Å². The van der Waals surface area contributed by atoms with Gasteiger partial charge in [-0.25, -0.2) is 4.39 Å². The summed E-state index contributed by atoms with van der Waals surface area (Å²) < 4.78 is 18.4. The summed E-state index contributed by atoms with van der Waals surface area (Å²) in [6.45, 7) is 1.09. The number of carbonyl (C=O) groups is 1. The number of hydrogen-bond acceptors (Lipinski definition) is 3. The van der Waals surface area contributed by atoms with Crippen LogP contribution >= 0.6 is 11.6 Å². The van der Waals surface area contributed by atoms with Crippen LogP contribution in [0, 0.1) is 5.82 Å². The van der Waals surface area contributed by atoms with Crippen LogP contribution in [0.5, 0.6) is 0 Å². The number of carbonyl (C=O) groups excluding carboxylic acids is 1. The number of likely N-dealkylation sites (tertiary alicyclic amines) is 1. The van der Waals surface area contributed by atoms with E-state index in [0.717, 1.165) is 19.4 Å². The third kappa shape index (κ3) is 2.65. The fourth-order valence-corrected chi connectivity index (χ4v) is 2.53. The maximum atomic E-state index is 13.7. The van der Waals surface area contributed by atoms with Gasteiger partial charge in [0.2, 0.25) is 0 Å². The van der Waals surface area contributed by atoms with Crippen LogP contribution in [0.25, 0.3) is 0 Å². The summed E-state index contributed by atoms with van der Waals surface area (Å²) in [5.41, 5.74) is 0.440. The predicted molar refractivity (Wildman–Crippen MR) is 66.9 cm³/mol. The van der Waals surface area contributed by atoms with Crippen molar-refractivity contribution in [3.8, 4) is 0 Å². The van der Waals surface area contributed by atoms with E-state index in [2.05, 4.69) is 0 Å². The van der Waals surface area contributed by atoms with Crippen molar-refractivity contribution in [2.45, 2.75) is 25.4 Å². The van der Waals surface area contributed by atoms with Gasteiger partial charge in [-0.3, -0.25) is 9.69 Å². The number of benzene rings is 1. The van der Waals surface area contributed by atoms with E-state index in [0.29, 0.717) is 17.1 Å². The first-order chi connectivity index (χ1) is 8.63. The Balaban J connectivity index is 2.16. The van der Waals surface area contributed by atoms with Gasteiger partial charge >= 0.3 is 5.97 Å². The Labute approximate surface area is 110 Å². The van der Waals surface area contributed by atoms with E-state index in [-0.39, 0.29) is 17.8 Å². The molecule has 5 heteroatoms. The summed E-state index contributed by atoms with van der Waals surface area (Å²) in [5.74, 6) is -0.599. The molecule has 2 rings (SSSR count). The number of ether oxygens (including phenoxy) is 1. The molecule has 1 aliphatic rings. The second kappa shape index (κ2) is 5.67. The third-order valence-corrected chi connectivity index (χ3v) is 3.61. The predicted octanol–water partition coefficient (Wildman–Crippen LogP) is 2.62. The van der Waals surface area contributed by atoms with Crippen LogP contribution in [0.2, 0.25) is 5.02 Å². The van der Waals surface area contributed by atoms with E-state index in [9.17, 15) is 9.18 Å². The fraction of sp³-hybridized carbons (Fsp3) is 0.462. The standard InChI is InChI=1S/C13H15ClFNO2/c1-18-13(17)12-6-3-7-16(12)8-9-10(14)4-2-5-11(9)15/h2,4-5,12H,3,6-8H2,1H3/t12-/m0/s1. The van der Waals surface area contributed by atoms with Gasteiger partial charge in [0.05, 0.1) is 7.11 Å². The molecule has 0 bridgehead atoms. The van der Waals surface area contributed by atoms with Crippen molar-refractivity contribution >= 4 is 17.6 Å². The lowest BCUT2D eigenvalue weighted by molar-refractivity contribution is -0.146. The van der Waals surface area contributed by atoms with Gasteiger partial charge < -0.3 is 4.74 Å². The average molecular weight is 272 g/mol. The fourth-order valence-electron chi connectivity index (χ4n) is 2.30. The molecule has 0 spiro atoms. The lowest BCUT2D eigenvalue weighted by Gasteiger charge is -2.22. The van der Waals surface area contributed by atoms with Crippen molar-refractivity contribution in [3.05, 3.63) is 34.6 Å². The lowest BCUT2D eigenvalue weighted by Crippen LogP contribution is -2.36. The van der Waals surface area contributed by atoms with Crippen LogP contribution < -0.4 is 0 Å². The molecule has 18 heavy (non-hydrogen) atoms. The SMILES string of the molecule is COC(=O)[C@@H]1CCCN1Cc1c(F)cccc1Cl. The highest BCUT2D eigenvalue weighted by Gasteiger charge is 2.32. The molecule has 98 valence electrons. The lowest BCUT2D eigenvalue weighted by atomic mass is 10.1. The van der Waals surface area contributed by atoms with Gasteiger partial charge in [0.1, 0.15) is 11.9 Å². The zero-order chi connectivity index (χ0) is 13.1. The van der Waals surface area contributed by atoms with Crippen molar-refractivity contribution in [1.82, 2.24) is 4.90 Å². The first kappa shape index (κ1) is 13.3. The molecular weight excluding hydrogens is 257 g/mol. The summed E-state index contributed by atoms with van der Waals surface area (Å²) in [4.78, 5) is 13.5. The number of nitrogens with zero attached hydrogens (tertiary/aromatic N) is 1. The molecule has 0 radical (unpaired) electrons. The van der Waals surface area contributed by atoms with Gasteiger partial charge in [0, 0.05) is 17.1 Å². The highest BCUT2D eigenvalue weighted by molar-refractivity contribution is 6.31. The van der Waals surface area contributed by atoms with E-state index >= 15 is 0 Å². The van der Waals surface area contributed by atoms with Crippen molar-refractivity contribution < 1.29 is 13.9 Å². The first-order valence-corrected chi connectivity index (χ1v) is 6.26. The molecule has 1 aromatic rings. The molecule has 0 unspecified atom stereocenters. The number of halogens is 2. The maximum Gasteiger partial charge on any atom is 0.323 e. The quantitative estimate of drug-likeness (QED) is 0.792. The number of methoxy groups -OCH3 is 1. The Morgan fingerprint density at radius 2 is 2.39 bits per heavy atom. The van der Waals surface area contributed by atoms with Crippen LogP contribution in [0.4, 0.5) is 4.39 Å². The number of rotatable bonds is 3. The largest absolute Gasteiger partial charge is 0.468 e. The summed E-state index contributed by atoms with van der Waals surface area (Å²) in [6.07, 6.45) is 1.66. The van der Waals surface area contributed by atoms with Gasteiger partial charge in [0.15, 0.2) is 0 Å². The first-order valence-electron chi connectivity index (χ1n) is 5.88. The highest BCUT2D eigenvalue weighted by Crippen LogP contribution is 2.26. The van der Waals surface area contributed by atoms with Gasteiger partial charge in [-0.05, 0) is 31.5 Å². The average Bonchev–Trinajstić information content (AvgIpc) is 2.81. The number of hydrogen-bond donors (Lipinski definition) is 0. The molecule has 1 aromatic carbocycles. The van der Waals surface area contributed by atoms with E-state index in [4.69, 9.17) is 16.3 Å². The van der Waals surface area contributed by atoms with Gasteiger partial charge in [-0.1, -0.05) is 17.7 Å². The van der Waals surface area contributed by atoms with Crippen molar-refractivity contribution in [3.63, 3.8) is 0 Å². The van der Waals surface area contributed by atoms with E-state index < -0.39 is 0 Å². The van der Waals surface area contributed by atoms with E-state index in [1.165, 1.54) is 13.2 Å². The summed E-state index contributed by atoms with van der Waals surface area (Å²) in [6, 6.07) is 4.32. The maximum absolute atomic E-state index is 13.7. The van der Waals surface area contributed by atoms with Crippen molar-refractivity contribution in [1.29, 1.82) is 0 Å². The molecule has 0 aromatic heterocycles. The van der Waals surface area contributed by atoms with Crippen LogP contribution in [0.15, 0.2) is 18.2 Å². The molecule has 1 atom stereocenters. The topological polar surface area (TPSA) is 29.5 Å². The summed E-state index contributed by atoms with van der Waals surface area (Å²) >= 11 is 5.99. The minimum Gasteiger partial charge on any atom is -0.468 e. The molecule has 0 N–H and O–H groups in total. The Morgan fingerprint density at radius 1 is 1.61 bits per heavy atom. The molecule has 3 nitrogen and oxygen atoms in total. The van der Waals surface area contributed by atoms with Crippen molar-refractivity contribution in [2.24, 2.45) is 0 Å². The molecule has 0 aliphatic carbocycles. The summed E-state index contributed by atoms with van der Waals surface area (Å²) in [5, 5.41) is 0.394.